The molecule has 0 amide bonds. The lowest BCUT2D eigenvalue weighted by Crippen LogP contribution is -2.30. The number of hydrogen-bond acceptors (Lipinski definition) is 2. The van der Waals surface area contributed by atoms with Gasteiger partial charge in [0.1, 0.15) is 5.82 Å². The summed E-state index contributed by atoms with van der Waals surface area (Å²) in [4.78, 5) is 0. The SMILES string of the molecule is CC(C)[C@@H](O)[C@@H](N)c1ccc(F)cc1.Cl. The van der Waals surface area contributed by atoms with Crippen LogP contribution in [0.5, 0.6) is 0 Å². The van der Waals surface area contributed by atoms with Crippen molar-refractivity contribution in [3.8, 4) is 0 Å². The second-order valence-electron chi connectivity index (χ2n) is 3.81. The maximum atomic E-state index is 12.6. The van der Waals surface area contributed by atoms with Crippen molar-refractivity contribution in [2.24, 2.45) is 11.7 Å². The molecule has 0 unspecified atom stereocenters. The van der Waals surface area contributed by atoms with Crippen molar-refractivity contribution in [2.75, 3.05) is 0 Å². The number of aliphatic hydroxyl groups is 1. The van der Waals surface area contributed by atoms with E-state index < -0.39 is 12.1 Å². The van der Waals surface area contributed by atoms with Crippen molar-refractivity contribution < 1.29 is 9.50 Å². The van der Waals surface area contributed by atoms with Gasteiger partial charge in [-0.05, 0) is 23.6 Å². The molecule has 3 N–H and O–H groups in total. The minimum absolute atomic E-state index is 0. The lowest BCUT2D eigenvalue weighted by Gasteiger charge is -2.22. The molecule has 4 heteroatoms. The maximum Gasteiger partial charge on any atom is 0.123 e. The summed E-state index contributed by atoms with van der Waals surface area (Å²) in [5.74, 6) is -0.199. The van der Waals surface area contributed by atoms with Crippen LogP contribution in [0.1, 0.15) is 25.5 Å². The van der Waals surface area contributed by atoms with Gasteiger partial charge >= 0.3 is 0 Å². The molecule has 15 heavy (non-hydrogen) atoms. The molecule has 1 aromatic rings. The highest BCUT2D eigenvalue weighted by Crippen LogP contribution is 2.19. The number of nitrogens with two attached hydrogens (primary N) is 1. The van der Waals surface area contributed by atoms with Crippen LogP contribution in [-0.4, -0.2) is 11.2 Å². The lowest BCUT2D eigenvalue weighted by atomic mass is 9.94. The normalized spacial score (nSPS) is 14.5. The van der Waals surface area contributed by atoms with Gasteiger partial charge in [0.05, 0.1) is 12.1 Å². The van der Waals surface area contributed by atoms with E-state index in [4.69, 9.17) is 5.73 Å². The van der Waals surface area contributed by atoms with Gasteiger partial charge in [0.25, 0.3) is 0 Å². The monoisotopic (exact) mass is 233 g/mol. The van der Waals surface area contributed by atoms with Crippen LogP contribution >= 0.6 is 12.4 Å². The standard InChI is InChI=1S/C11H16FNO.ClH/c1-7(2)11(14)10(13)8-3-5-9(12)6-4-8;/h3-7,10-11,14H,13H2,1-2H3;1H/t10-,11+;/m0./s1. The van der Waals surface area contributed by atoms with Crippen LogP contribution in [0, 0.1) is 11.7 Å². The highest BCUT2D eigenvalue weighted by molar-refractivity contribution is 5.85. The molecule has 0 aromatic heterocycles. The summed E-state index contributed by atoms with van der Waals surface area (Å²) in [7, 11) is 0. The van der Waals surface area contributed by atoms with Gasteiger partial charge in [0, 0.05) is 0 Å². The zero-order chi connectivity index (χ0) is 10.7. The van der Waals surface area contributed by atoms with Crippen LogP contribution in [0.2, 0.25) is 0 Å². The molecule has 86 valence electrons. The van der Waals surface area contributed by atoms with E-state index in [1.54, 1.807) is 12.1 Å². The lowest BCUT2D eigenvalue weighted by molar-refractivity contribution is 0.0979. The van der Waals surface area contributed by atoms with Gasteiger partial charge in [-0.3, -0.25) is 0 Å². The predicted octanol–water partition coefficient (Wildman–Crippen LogP) is 2.26. The molecule has 0 fully saturated rings. The average molecular weight is 234 g/mol. The minimum atomic E-state index is -0.597. The molecule has 2 nitrogen and oxygen atoms in total. The Balaban J connectivity index is 0.00000196. The first kappa shape index (κ1) is 14.4. The fourth-order valence-corrected chi connectivity index (χ4v) is 1.30. The summed E-state index contributed by atoms with van der Waals surface area (Å²) in [6.45, 7) is 3.79. The van der Waals surface area contributed by atoms with Crippen molar-refractivity contribution in [2.45, 2.75) is 26.0 Å². The summed E-state index contributed by atoms with van der Waals surface area (Å²) in [6.07, 6.45) is -0.597. The number of hydrogen-bond donors (Lipinski definition) is 2. The van der Waals surface area contributed by atoms with Crippen LogP contribution in [0.25, 0.3) is 0 Å². The third-order valence-electron chi connectivity index (χ3n) is 2.31. The van der Waals surface area contributed by atoms with Crippen LogP contribution in [-0.2, 0) is 0 Å². The van der Waals surface area contributed by atoms with Crippen LogP contribution in [0.3, 0.4) is 0 Å². The first-order valence-corrected chi connectivity index (χ1v) is 4.71. The highest BCUT2D eigenvalue weighted by Gasteiger charge is 2.19. The van der Waals surface area contributed by atoms with E-state index in [0.29, 0.717) is 0 Å². The summed E-state index contributed by atoms with van der Waals surface area (Å²) in [5, 5.41) is 9.70. The van der Waals surface area contributed by atoms with Gasteiger partial charge in [-0.25, -0.2) is 4.39 Å². The highest BCUT2D eigenvalue weighted by atomic mass is 35.5. The van der Waals surface area contributed by atoms with E-state index in [2.05, 4.69) is 0 Å². The first-order chi connectivity index (χ1) is 6.52. The molecular weight excluding hydrogens is 217 g/mol. The third-order valence-corrected chi connectivity index (χ3v) is 2.31. The number of aliphatic hydroxyl groups excluding tert-OH is 1. The molecule has 2 atom stereocenters. The van der Waals surface area contributed by atoms with Crippen molar-refractivity contribution in [3.63, 3.8) is 0 Å². The Bertz CT molecular complexity index is 289. The molecule has 1 aromatic carbocycles. The number of halogens is 2. The Labute approximate surface area is 95.7 Å². The Morgan fingerprint density at radius 1 is 1.20 bits per heavy atom. The van der Waals surface area contributed by atoms with Crippen LogP contribution < -0.4 is 5.73 Å². The molecule has 1 rings (SSSR count). The molecule has 0 aliphatic rings. The summed E-state index contributed by atoms with van der Waals surface area (Å²) < 4.78 is 12.6. The molecule has 0 aliphatic carbocycles. The van der Waals surface area contributed by atoms with Crippen molar-refractivity contribution in [1.82, 2.24) is 0 Å². The van der Waals surface area contributed by atoms with Gasteiger partial charge in [-0.15, -0.1) is 12.4 Å². The largest absolute Gasteiger partial charge is 0.391 e. The van der Waals surface area contributed by atoms with E-state index in [1.807, 2.05) is 13.8 Å². The molecular formula is C11H17ClFNO. The predicted molar refractivity (Wildman–Crippen MR) is 61.4 cm³/mol. The summed E-state index contributed by atoms with van der Waals surface area (Å²) >= 11 is 0. The fraction of sp³-hybridized carbons (Fsp3) is 0.455. The van der Waals surface area contributed by atoms with Gasteiger partial charge in [-0.1, -0.05) is 26.0 Å². The summed E-state index contributed by atoms with van der Waals surface area (Å²) in [6, 6.07) is 5.46. The van der Waals surface area contributed by atoms with Gasteiger partial charge in [0.15, 0.2) is 0 Å². The third kappa shape index (κ3) is 3.78. The Hall–Kier alpha value is -0.640. The Kier molecular flexibility index (Phi) is 5.80. The molecule has 0 bridgehead atoms. The van der Waals surface area contributed by atoms with E-state index in [9.17, 15) is 9.50 Å². The minimum Gasteiger partial charge on any atom is -0.391 e. The van der Waals surface area contributed by atoms with Crippen LogP contribution in [0.4, 0.5) is 4.39 Å². The first-order valence-electron chi connectivity index (χ1n) is 4.71. The molecule has 0 saturated carbocycles. The molecule has 0 spiro atoms. The quantitative estimate of drug-likeness (QED) is 0.841. The van der Waals surface area contributed by atoms with Crippen molar-refractivity contribution in [1.29, 1.82) is 0 Å². The molecule has 0 aliphatic heterocycles. The van der Waals surface area contributed by atoms with Gasteiger partial charge in [-0.2, -0.15) is 0 Å². The van der Waals surface area contributed by atoms with E-state index in [0.717, 1.165) is 5.56 Å². The topological polar surface area (TPSA) is 46.2 Å². The second kappa shape index (κ2) is 6.05. The maximum absolute atomic E-state index is 12.6. The van der Waals surface area contributed by atoms with Crippen molar-refractivity contribution >= 4 is 12.4 Å². The Morgan fingerprint density at radius 2 is 1.67 bits per heavy atom. The molecule has 0 radical (unpaired) electrons. The fourth-order valence-electron chi connectivity index (χ4n) is 1.30. The molecule has 0 saturated heterocycles. The van der Waals surface area contributed by atoms with Gasteiger partial charge in [0.2, 0.25) is 0 Å². The zero-order valence-electron chi connectivity index (χ0n) is 8.85. The second-order valence-corrected chi connectivity index (χ2v) is 3.81. The number of rotatable bonds is 3. The molecule has 0 heterocycles. The number of benzene rings is 1. The smallest absolute Gasteiger partial charge is 0.123 e. The van der Waals surface area contributed by atoms with Gasteiger partial charge < -0.3 is 10.8 Å². The van der Waals surface area contributed by atoms with E-state index in [-0.39, 0.29) is 24.1 Å². The summed E-state index contributed by atoms with van der Waals surface area (Å²) in [5.41, 5.74) is 6.57. The average Bonchev–Trinajstić information content (AvgIpc) is 2.16. The van der Waals surface area contributed by atoms with E-state index in [1.165, 1.54) is 12.1 Å². The van der Waals surface area contributed by atoms with Crippen LogP contribution in [0.15, 0.2) is 24.3 Å². The van der Waals surface area contributed by atoms with Crippen molar-refractivity contribution in [3.05, 3.63) is 35.6 Å². The zero-order valence-corrected chi connectivity index (χ0v) is 9.67. The van der Waals surface area contributed by atoms with E-state index >= 15 is 0 Å². The Morgan fingerprint density at radius 3 is 2.07 bits per heavy atom.